The fourth-order valence-electron chi connectivity index (χ4n) is 1.18. The number of allylic oxidation sites excluding steroid dienone is 1. The number of nitrogens with zero attached hydrogens (tertiary/aromatic N) is 2. The highest BCUT2D eigenvalue weighted by Gasteiger charge is 2.30. The summed E-state index contributed by atoms with van der Waals surface area (Å²) in [6.45, 7) is 0. The Hall–Kier alpha value is -1.98. The van der Waals surface area contributed by atoms with Crippen molar-refractivity contribution >= 4 is 12.0 Å². The van der Waals surface area contributed by atoms with E-state index in [4.69, 9.17) is 5.11 Å². The largest absolute Gasteiger partial charge is 0.508 e. The van der Waals surface area contributed by atoms with Crippen LogP contribution in [-0.2, 0) is 4.79 Å². The minimum Gasteiger partial charge on any atom is -0.508 e. The molecule has 0 aromatic carbocycles. The number of carbonyl (C=O) groups is 2. The average Bonchev–Trinajstić information content (AvgIpc) is 2.15. The molecular formula is C9H12N2O4. The van der Waals surface area contributed by atoms with Gasteiger partial charge in [0, 0.05) is 20.3 Å². The van der Waals surface area contributed by atoms with Gasteiger partial charge in [-0.15, -0.1) is 0 Å². The maximum Gasteiger partial charge on any atom is 0.412 e. The Kier molecular flexibility index (Phi) is 2.99. The number of carbonyl (C=O) groups excluding carboxylic acids is 1. The summed E-state index contributed by atoms with van der Waals surface area (Å²) in [4.78, 5) is 24.5. The highest BCUT2D eigenvalue weighted by atomic mass is 16.4. The fraction of sp³-hybridized carbons (Fsp3) is 0.333. The van der Waals surface area contributed by atoms with Crippen LogP contribution in [0.4, 0.5) is 4.79 Å². The van der Waals surface area contributed by atoms with Gasteiger partial charge in [-0.2, -0.15) is 0 Å². The van der Waals surface area contributed by atoms with E-state index in [0.717, 1.165) is 11.1 Å². The Labute approximate surface area is 86.7 Å². The van der Waals surface area contributed by atoms with Gasteiger partial charge in [0.05, 0.1) is 0 Å². The second-order valence-corrected chi connectivity index (χ2v) is 3.27. The van der Waals surface area contributed by atoms with E-state index in [-0.39, 0.29) is 5.76 Å². The minimum absolute atomic E-state index is 0.118. The maximum atomic E-state index is 11.6. The van der Waals surface area contributed by atoms with E-state index in [1.54, 1.807) is 0 Å². The monoisotopic (exact) mass is 212 g/mol. The molecule has 0 aliphatic carbocycles. The summed E-state index contributed by atoms with van der Waals surface area (Å²) >= 11 is 0. The van der Waals surface area contributed by atoms with Crippen molar-refractivity contribution in [1.82, 2.24) is 9.80 Å². The van der Waals surface area contributed by atoms with Gasteiger partial charge < -0.3 is 15.1 Å². The molecule has 2 N–H and O–H groups in total. The van der Waals surface area contributed by atoms with Crippen LogP contribution in [0.25, 0.3) is 0 Å². The molecule has 0 radical (unpaired) electrons. The van der Waals surface area contributed by atoms with Gasteiger partial charge in [0.2, 0.25) is 5.91 Å². The zero-order chi connectivity index (χ0) is 11.6. The van der Waals surface area contributed by atoms with Gasteiger partial charge in [0.25, 0.3) is 0 Å². The van der Waals surface area contributed by atoms with Crippen molar-refractivity contribution < 1.29 is 19.8 Å². The first-order chi connectivity index (χ1) is 6.93. The van der Waals surface area contributed by atoms with Crippen LogP contribution in [0, 0.1) is 0 Å². The Bertz CT molecular complexity index is 346. The number of rotatable bonds is 1. The molecule has 0 saturated heterocycles. The molecule has 1 rings (SSSR count). The quantitative estimate of drug-likeness (QED) is 0.659. The van der Waals surface area contributed by atoms with Crippen LogP contribution in [-0.4, -0.2) is 52.2 Å². The number of aliphatic hydroxyl groups is 1. The number of likely N-dealkylation sites (N-methyl/N-ethyl adjacent to an activating group) is 1. The predicted molar refractivity (Wildman–Crippen MR) is 52.2 cm³/mol. The number of aliphatic hydroxyl groups excluding tert-OH is 1. The first kappa shape index (κ1) is 11.1. The predicted octanol–water partition coefficient (Wildman–Crippen LogP) is 0.392. The third-order valence-electron chi connectivity index (χ3n) is 1.95. The lowest BCUT2D eigenvalue weighted by molar-refractivity contribution is -0.131. The second kappa shape index (κ2) is 4.04. The van der Waals surface area contributed by atoms with Crippen LogP contribution in [0.5, 0.6) is 0 Å². The van der Waals surface area contributed by atoms with Gasteiger partial charge in [-0.25, -0.2) is 4.79 Å². The fourth-order valence-corrected chi connectivity index (χ4v) is 1.18. The third-order valence-corrected chi connectivity index (χ3v) is 1.95. The molecule has 6 heteroatoms. The van der Waals surface area contributed by atoms with Crippen molar-refractivity contribution in [2.45, 2.75) is 6.04 Å². The van der Waals surface area contributed by atoms with Gasteiger partial charge in [-0.1, -0.05) is 0 Å². The lowest BCUT2D eigenvalue weighted by atomic mass is 10.1. The molecule has 0 bridgehead atoms. The lowest BCUT2D eigenvalue weighted by Gasteiger charge is -2.27. The van der Waals surface area contributed by atoms with Crippen LogP contribution >= 0.6 is 0 Å². The topological polar surface area (TPSA) is 81.1 Å². The minimum atomic E-state index is -1.24. The molecule has 1 aliphatic heterocycles. The molecule has 0 saturated carbocycles. The molecule has 6 nitrogen and oxygen atoms in total. The first-order valence-electron chi connectivity index (χ1n) is 4.25. The van der Waals surface area contributed by atoms with Gasteiger partial charge in [-0.05, 0) is 12.2 Å². The molecule has 1 heterocycles. The van der Waals surface area contributed by atoms with Gasteiger partial charge in [-0.3, -0.25) is 9.69 Å². The van der Waals surface area contributed by atoms with E-state index >= 15 is 0 Å². The van der Waals surface area contributed by atoms with Crippen molar-refractivity contribution in [2.75, 3.05) is 14.1 Å². The summed E-state index contributed by atoms with van der Waals surface area (Å²) in [5, 5.41) is 18.0. The molecule has 2 amide bonds. The number of amides is 2. The summed E-state index contributed by atoms with van der Waals surface area (Å²) in [7, 11) is 3.04. The lowest BCUT2D eigenvalue weighted by Crippen LogP contribution is -2.46. The van der Waals surface area contributed by atoms with Gasteiger partial charge in [0.15, 0.2) is 0 Å². The molecule has 15 heavy (non-hydrogen) atoms. The standard InChI is InChI=1S/C9H12N2O4/c1-10(2)8(13)7-5-6(12)3-4-11(7)9(14)15/h3-5,7,12H,1-2H3,(H,14,15)/t7-/m0/s1. The summed E-state index contributed by atoms with van der Waals surface area (Å²) in [5.41, 5.74) is 0. The summed E-state index contributed by atoms with van der Waals surface area (Å²) < 4.78 is 0. The molecular weight excluding hydrogens is 200 g/mol. The Morgan fingerprint density at radius 2 is 2.07 bits per heavy atom. The second-order valence-electron chi connectivity index (χ2n) is 3.27. The first-order valence-corrected chi connectivity index (χ1v) is 4.25. The van der Waals surface area contributed by atoms with E-state index < -0.39 is 18.0 Å². The van der Waals surface area contributed by atoms with E-state index in [2.05, 4.69) is 0 Å². The average molecular weight is 212 g/mol. The molecule has 0 fully saturated rings. The summed E-state index contributed by atoms with van der Waals surface area (Å²) in [6.07, 6.45) is 2.32. The summed E-state index contributed by atoms with van der Waals surface area (Å²) in [5.74, 6) is -0.527. The van der Waals surface area contributed by atoms with Crippen LogP contribution in [0.2, 0.25) is 0 Å². The van der Waals surface area contributed by atoms with Gasteiger partial charge in [0.1, 0.15) is 11.8 Å². The zero-order valence-electron chi connectivity index (χ0n) is 8.41. The van der Waals surface area contributed by atoms with Crippen molar-refractivity contribution in [1.29, 1.82) is 0 Å². The Morgan fingerprint density at radius 1 is 1.47 bits per heavy atom. The highest BCUT2D eigenvalue weighted by Crippen LogP contribution is 2.14. The third kappa shape index (κ3) is 2.28. The molecule has 0 unspecified atom stereocenters. The van der Waals surface area contributed by atoms with Gasteiger partial charge >= 0.3 is 6.09 Å². The SMILES string of the molecule is CN(C)C(=O)[C@@H]1C=C(O)C=CN1C(=O)O. The van der Waals surface area contributed by atoms with E-state index in [0.29, 0.717) is 0 Å². The maximum absolute atomic E-state index is 11.6. The normalized spacial score (nSPS) is 19.7. The molecule has 82 valence electrons. The Morgan fingerprint density at radius 3 is 2.53 bits per heavy atom. The summed E-state index contributed by atoms with van der Waals surface area (Å²) in [6, 6.07) is -0.998. The van der Waals surface area contributed by atoms with Crippen LogP contribution in [0.15, 0.2) is 24.1 Å². The van der Waals surface area contributed by atoms with E-state index in [1.807, 2.05) is 0 Å². The van der Waals surface area contributed by atoms with E-state index in [9.17, 15) is 14.7 Å². The Balaban J connectivity index is 2.96. The van der Waals surface area contributed by atoms with E-state index in [1.165, 1.54) is 31.1 Å². The molecule has 1 atom stereocenters. The van der Waals surface area contributed by atoms with Crippen molar-refractivity contribution in [3.05, 3.63) is 24.1 Å². The number of hydrogen-bond donors (Lipinski definition) is 2. The van der Waals surface area contributed by atoms with Crippen molar-refractivity contribution in [3.63, 3.8) is 0 Å². The van der Waals surface area contributed by atoms with Crippen LogP contribution < -0.4 is 0 Å². The van der Waals surface area contributed by atoms with Crippen molar-refractivity contribution in [3.8, 4) is 0 Å². The van der Waals surface area contributed by atoms with Crippen LogP contribution in [0.3, 0.4) is 0 Å². The molecule has 1 aliphatic rings. The molecule has 0 spiro atoms. The molecule has 0 aromatic heterocycles. The van der Waals surface area contributed by atoms with Crippen LogP contribution in [0.1, 0.15) is 0 Å². The van der Waals surface area contributed by atoms with Crippen molar-refractivity contribution in [2.24, 2.45) is 0 Å². The number of hydrogen-bond acceptors (Lipinski definition) is 3. The zero-order valence-corrected chi connectivity index (χ0v) is 8.41. The number of carboxylic acid groups (broad SMARTS) is 1. The highest BCUT2D eigenvalue weighted by molar-refractivity contribution is 5.88. The molecule has 0 aromatic rings. The smallest absolute Gasteiger partial charge is 0.412 e.